The molecule has 106 valence electrons. The van der Waals surface area contributed by atoms with Crippen LogP contribution in [0.4, 0.5) is 0 Å². The molecule has 2 rings (SSSR count). The highest BCUT2D eigenvalue weighted by atomic mass is 16.6. The van der Waals surface area contributed by atoms with Crippen molar-refractivity contribution in [3.05, 3.63) is 35.9 Å². The van der Waals surface area contributed by atoms with E-state index in [-0.39, 0.29) is 24.7 Å². The molecule has 0 saturated carbocycles. The van der Waals surface area contributed by atoms with Crippen molar-refractivity contribution in [3.8, 4) is 0 Å². The van der Waals surface area contributed by atoms with Crippen molar-refractivity contribution < 1.29 is 19.7 Å². The first-order valence-corrected chi connectivity index (χ1v) is 6.73. The van der Waals surface area contributed by atoms with E-state index in [4.69, 9.17) is 14.6 Å². The van der Waals surface area contributed by atoms with Gasteiger partial charge in [0.25, 0.3) is 0 Å². The zero-order valence-electron chi connectivity index (χ0n) is 11.4. The maximum Gasteiger partial charge on any atom is 0.107 e. The van der Waals surface area contributed by atoms with Crippen molar-refractivity contribution in [2.75, 3.05) is 6.61 Å². The fourth-order valence-electron chi connectivity index (χ4n) is 2.60. The molecule has 5 atom stereocenters. The third-order valence-corrected chi connectivity index (χ3v) is 3.76. The van der Waals surface area contributed by atoms with Gasteiger partial charge in [-0.05, 0) is 12.5 Å². The van der Waals surface area contributed by atoms with Crippen LogP contribution in [0, 0.1) is 5.92 Å². The Morgan fingerprint density at radius 1 is 1.21 bits per heavy atom. The summed E-state index contributed by atoms with van der Waals surface area (Å²) in [6.07, 6.45) is -1.51. The molecule has 0 aliphatic carbocycles. The van der Waals surface area contributed by atoms with Crippen LogP contribution in [0.3, 0.4) is 0 Å². The van der Waals surface area contributed by atoms with Gasteiger partial charge < -0.3 is 19.7 Å². The summed E-state index contributed by atoms with van der Waals surface area (Å²) in [7, 11) is 0. The monoisotopic (exact) mass is 266 g/mol. The average molecular weight is 266 g/mol. The maximum atomic E-state index is 10.1. The molecule has 1 aromatic carbocycles. The normalized spacial score (nSPS) is 35.3. The highest BCUT2D eigenvalue weighted by molar-refractivity contribution is 5.13. The van der Waals surface area contributed by atoms with Crippen molar-refractivity contribution in [3.63, 3.8) is 0 Å². The predicted molar refractivity (Wildman–Crippen MR) is 71.6 cm³/mol. The first-order valence-electron chi connectivity index (χ1n) is 6.73. The van der Waals surface area contributed by atoms with Crippen LogP contribution in [0.2, 0.25) is 0 Å². The summed E-state index contributed by atoms with van der Waals surface area (Å²) >= 11 is 0. The number of rotatable bonds is 4. The number of aliphatic hydroxyl groups is 2. The molecule has 0 spiro atoms. The zero-order chi connectivity index (χ0) is 13.8. The van der Waals surface area contributed by atoms with E-state index in [2.05, 4.69) is 0 Å². The summed E-state index contributed by atoms with van der Waals surface area (Å²) in [6, 6.07) is 9.92. The smallest absolute Gasteiger partial charge is 0.107 e. The Balaban J connectivity index is 1.96. The lowest BCUT2D eigenvalue weighted by molar-refractivity contribution is -0.216. The lowest BCUT2D eigenvalue weighted by Crippen LogP contribution is -2.54. The van der Waals surface area contributed by atoms with Gasteiger partial charge in [-0.1, -0.05) is 37.3 Å². The lowest BCUT2D eigenvalue weighted by atomic mass is 9.88. The summed E-state index contributed by atoms with van der Waals surface area (Å²) in [5.41, 5.74) is 1.10. The highest BCUT2D eigenvalue weighted by Crippen LogP contribution is 2.28. The van der Waals surface area contributed by atoms with Crippen LogP contribution in [0.1, 0.15) is 19.4 Å². The molecule has 0 bridgehead atoms. The Morgan fingerprint density at radius 2 is 1.89 bits per heavy atom. The van der Waals surface area contributed by atoms with E-state index in [1.165, 1.54) is 0 Å². The molecule has 1 aliphatic rings. The minimum atomic E-state index is -0.693. The molecule has 1 fully saturated rings. The Morgan fingerprint density at radius 3 is 2.53 bits per heavy atom. The average Bonchev–Trinajstić information content (AvgIpc) is 2.44. The molecule has 4 heteroatoms. The van der Waals surface area contributed by atoms with Gasteiger partial charge in [-0.3, -0.25) is 0 Å². The van der Waals surface area contributed by atoms with Gasteiger partial charge in [0.2, 0.25) is 0 Å². The number of hydrogen-bond acceptors (Lipinski definition) is 4. The molecule has 4 nitrogen and oxygen atoms in total. The minimum Gasteiger partial charge on any atom is -0.394 e. The van der Waals surface area contributed by atoms with E-state index < -0.39 is 12.2 Å². The second-order valence-corrected chi connectivity index (χ2v) is 5.17. The topological polar surface area (TPSA) is 58.9 Å². The molecule has 19 heavy (non-hydrogen) atoms. The van der Waals surface area contributed by atoms with Gasteiger partial charge in [0.1, 0.15) is 6.10 Å². The molecule has 0 aromatic heterocycles. The maximum absolute atomic E-state index is 10.1. The largest absolute Gasteiger partial charge is 0.394 e. The lowest BCUT2D eigenvalue weighted by Gasteiger charge is -2.42. The van der Waals surface area contributed by atoms with Crippen LogP contribution in [0.5, 0.6) is 0 Å². The minimum absolute atomic E-state index is 0.0652. The summed E-state index contributed by atoms with van der Waals surface area (Å²) in [4.78, 5) is 0. The predicted octanol–water partition coefficient (Wildman–Crippen LogP) is 1.35. The second kappa shape index (κ2) is 6.48. The van der Waals surface area contributed by atoms with Crippen molar-refractivity contribution in [2.45, 2.75) is 44.9 Å². The van der Waals surface area contributed by atoms with Crippen molar-refractivity contribution >= 4 is 0 Å². The molecule has 1 aromatic rings. The molecule has 2 unspecified atom stereocenters. The van der Waals surface area contributed by atoms with Crippen LogP contribution in [0.25, 0.3) is 0 Å². The number of hydrogen-bond donors (Lipinski definition) is 2. The van der Waals surface area contributed by atoms with Crippen LogP contribution in [-0.2, 0) is 16.1 Å². The summed E-state index contributed by atoms with van der Waals surface area (Å²) in [5.74, 6) is -0.0652. The summed E-state index contributed by atoms with van der Waals surface area (Å²) < 4.78 is 11.5. The molecule has 1 heterocycles. The molecule has 1 aliphatic heterocycles. The van der Waals surface area contributed by atoms with Crippen LogP contribution in [0.15, 0.2) is 30.3 Å². The van der Waals surface area contributed by atoms with Gasteiger partial charge in [0.15, 0.2) is 0 Å². The molecular formula is C15H22O4. The Labute approximate surface area is 114 Å². The number of aliphatic hydroxyl groups excluding tert-OH is 2. The first kappa shape index (κ1) is 14.5. The summed E-state index contributed by atoms with van der Waals surface area (Å²) in [5, 5.41) is 19.2. The number of ether oxygens (including phenoxy) is 2. The van der Waals surface area contributed by atoms with Crippen molar-refractivity contribution in [2.24, 2.45) is 5.92 Å². The third-order valence-electron chi connectivity index (χ3n) is 3.76. The van der Waals surface area contributed by atoms with Crippen molar-refractivity contribution in [1.82, 2.24) is 0 Å². The molecule has 2 N–H and O–H groups in total. The van der Waals surface area contributed by atoms with Gasteiger partial charge >= 0.3 is 0 Å². The second-order valence-electron chi connectivity index (χ2n) is 5.17. The van der Waals surface area contributed by atoms with Gasteiger partial charge in [-0.15, -0.1) is 0 Å². The fourth-order valence-corrected chi connectivity index (χ4v) is 2.60. The molecular weight excluding hydrogens is 244 g/mol. The van der Waals surface area contributed by atoms with E-state index in [0.29, 0.717) is 6.61 Å². The van der Waals surface area contributed by atoms with Gasteiger partial charge in [-0.25, -0.2) is 0 Å². The Hall–Kier alpha value is -0.940. The van der Waals surface area contributed by atoms with E-state index in [0.717, 1.165) is 5.56 Å². The quantitative estimate of drug-likeness (QED) is 0.863. The van der Waals surface area contributed by atoms with Crippen LogP contribution in [-0.4, -0.2) is 41.2 Å². The first-order chi connectivity index (χ1) is 9.13. The SMILES string of the molecule is CC1OC(CO)[C@@H](O)[C@H](C)[C@@H]1OCc1ccccc1. The van der Waals surface area contributed by atoms with Crippen molar-refractivity contribution in [1.29, 1.82) is 0 Å². The third kappa shape index (κ3) is 3.34. The standard InChI is InChI=1S/C15H22O4/c1-10-14(17)13(8-16)19-11(2)15(10)18-9-12-6-4-3-5-7-12/h3-7,10-11,13-17H,8-9H2,1-2H3/t10-,11?,13?,14-,15-/m0/s1. The molecule has 0 amide bonds. The van der Waals surface area contributed by atoms with E-state index in [9.17, 15) is 5.11 Å². The highest BCUT2D eigenvalue weighted by Gasteiger charge is 2.41. The molecule has 1 saturated heterocycles. The Kier molecular flexibility index (Phi) is 4.93. The fraction of sp³-hybridized carbons (Fsp3) is 0.600. The Bertz CT molecular complexity index is 381. The number of benzene rings is 1. The zero-order valence-corrected chi connectivity index (χ0v) is 11.4. The van der Waals surface area contributed by atoms with E-state index >= 15 is 0 Å². The molecule has 0 radical (unpaired) electrons. The van der Waals surface area contributed by atoms with Gasteiger partial charge in [-0.2, -0.15) is 0 Å². The van der Waals surface area contributed by atoms with Gasteiger partial charge in [0.05, 0.1) is 31.5 Å². The van der Waals surface area contributed by atoms with Gasteiger partial charge in [0, 0.05) is 5.92 Å². The van der Waals surface area contributed by atoms with E-state index in [1.54, 1.807) is 0 Å². The summed E-state index contributed by atoms with van der Waals surface area (Å²) in [6.45, 7) is 4.18. The van der Waals surface area contributed by atoms with Crippen LogP contribution >= 0.6 is 0 Å². The van der Waals surface area contributed by atoms with Crippen LogP contribution < -0.4 is 0 Å². The van der Waals surface area contributed by atoms with E-state index in [1.807, 2.05) is 44.2 Å².